The first kappa shape index (κ1) is 17.0. The molecule has 2 aliphatic rings. The monoisotopic (exact) mass is 349 g/mol. The van der Waals surface area contributed by atoms with E-state index in [0.29, 0.717) is 10.8 Å². The maximum absolute atomic E-state index is 12.3. The first-order valence-corrected chi connectivity index (χ1v) is 8.67. The molecule has 1 heterocycles. The summed E-state index contributed by atoms with van der Waals surface area (Å²) in [7, 11) is 0. The van der Waals surface area contributed by atoms with Gasteiger partial charge >= 0.3 is 5.97 Å². The van der Waals surface area contributed by atoms with Gasteiger partial charge in [-0.05, 0) is 43.5 Å². The van der Waals surface area contributed by atoms with Crippen molar-refractivity contribution in [1.29, 1.82) is 0 Å². The molecule has 24 heavy (non-hydrogen) atoms. The molecule has 0 spiro atoms. The van der Waals surface area contributed by atoms with E-state index < -0.39 is 5.97 Å². The highest BCUT2D eigenvalue weighted by Gasteiger charge is 2.47. The highest BCUT2D eigenvalue weighted by atomic mass is 35.5. The van der Waals surface area contributed by atoms with Crippen molar-refractivity contribution in [2.75, 3.05) is 6.54 Å². The molecule has 3 rings (SSSR count). The first-order chi connectivity index (χ1) is 11.5. The molecule has 0 N–H and O–H groups in total. The van der Waals surface area contributed by atoms with E-state index in [0.717, 1.165) is 31.2 Å². The third kappa shape index (κ3) is 3.31. The molecule has 1 aliphatic carbocycles. The number of halogens is 1. The molecule has 1 aliphatic heterocycles. The lowest BCUT2D eigenvalue weighted by Gasteiger charge is -2.19. The van der Waals surface area contributed by atoms with E-state index in [2.05, 4.69) is 0 Å². The number of nitrogens with zero attached hydrogens (tertiary/aromatic N) is 1. The molecular formula is C18H20ClNO4. The van der Waals surface area contributed by atoms with Crippen molar-refractivity contribution in [2.45, 2.75) is 39.0 Å². The van der Waals surface area contributed by atoms with Gasteiger partial charge in [0.05, 0.1) is 18.3 Å². The smallest absolute Gasteiger partial charge is 0.312 e. The van der Waals surface area contributed by atoms with Gasteiger partial charge in [0.1, 0.15) is 5.75 Å². The Morgan fingerprint density at radius 1 is 1.21 bits per heavy atom. The first-order valence-electron chi connectivity index (χ1n) is 8.29. The zero-order chi connectivity index (χ0) is 17.3. The molecule has 0 aromatic heterocycles. The second-order valence-electron chi connectivity index (χ2n) is 6.46. The summed E-state index contributed by atoms with van der Waals surface area (Å²) in [6.45, 7) is 1.92. The summed E-state index contributed by atoms with van der Waals surface area (Å²) in [6.07, 6.45) is 3.54. The van der Waals surface area contributed by atoms with Crippen LogP contribution in [0.2, 0.25) is 5.02 Å². The van der Waals surface area contributed by atoms with Crippen molar-refractivity contribution < 1.29 is 19.1 Å². The van der Waals surface area contributed by atoms with Gasteiger partial charge < -0.3 is 4.74 Å². The Balaban J connectivity index is 1.57. The van der Waals surface area contributed by atoms with Gasteiger partial charge in [-0.2, -0.15) is 0 Å². The predicted octanol–water partition coefficient (Wildman–Crippen LogP) is 3.12. The van der Waals surface area contributed by atoms with Gasteiger partial charge in [0.2, 0.25) is 11.8 Å². The standard InChI is InChI=1S/C18H20ClNO4/c1-11-10-12(6-7-15(11)19)24-16(21)8-9-20-17(22)13-4-2-3-5-14(13)18(20)23/h6-7,10,13-14H,2-5,8-9H2,1H3/t13-,14-/m0/s1. The highest BCUT2D eigenvalue weighted by Crippen LogP contribution is 2.38. The third-order valence-electron chi connectivity index (χ3n) is 4.83. The molecule has 0 radical (unpaired) electrons. The normalized spacial score (nSPS) is 23.3. The van der Waals surface area contributed by atoms with Crippen LogP contribution in [-0.2, 0) is 14.4 Å². The average molecular weight is 350 g/mol. The van der Waals surface area contributed by atoms with Crippen LogP contribution in [0.3, 0.4) is 0 Å². The number of imide groups is 1. The van der Waals surface area contributed by atoms with Crippen molar-refractivity contribution in [3.8, 4) is 5.75 Å². The molecule has 2 amide bonds. The number of likely N-dealkylation sites (tertiary alicyclic amines) is 1. The van der Waals surface area contributed by atoms with Crippen molar-refractivity contribution >= 4 is 29.4 Å². The maximum atomic E-state index is 12.3. The fraction of sp³-hybridized carbons (Fsp3) is 0.500. The molecular weight excluding hydrogens is 330 g/mol. The number of benzene rings is 1. The Morgan fingerprint density at radius 3 is 2.42 bits per heavy atom. The summed E-state index contributed by atoms with van der Waals surface area (Å²) in [4.78, 5) is 37.9. The number of rotatable bonds is 4. The number of esters is 1. The molecule has 128 valence electrons. The molecule has 5 nitrogen and oxygen atoms in total. The molecule has 2 atom stereocenters. The largest absolute Gasteiger partial charge is 0.426 e. The Kier molecular flexibility index (Phi) is 4.90. The van der Waals surface area contributed by atoms with Crippen LogP contribution in [-0.4, -0.2) is 29.2 Å². The van der Waals surface area contributed by atoms with Gasteiger partial charge in [0.15, 0.2) is 0 Å². The molecule has 2 fully saturated rings. The van der Waals surface area contributed by atoms with E-state index in [4.69, 9.17) is 16.3 Å². The molecule has 1 aromatic carbocycles. The van der Waals surface area contributed by atoms with Crippen molar-refractivity contribution in [1.82, 2.24) is 4.90 Å². The minimum atomic E-state index is -0.466. The van der Waals surface area contributed by atoms with E-state index in [1.165, 1.54) is 4.90 Å². The fourth-order valence-electron chi connectivity index (χ4n) is 3.52. The van der Waals surface area contributed by atoms with Crippen molar-refractivity contribution in [2.24, 2.45) is 11.8 Å². The number of carbonyl (C=O) groups excluding carboxylic acids is 3. The number of hydrogen-bond donors (Lipinski definition) is 0. The summed E-state index contributed by atoms with van der Waals surface area (Å²) >= 11 is 5.93. The predicted molar refractivity (Wildman–Crippen MR) is 88.6 cm³/mol. The van der Waals surface area contributed by atoms with E-state index in [-0.39, 0.29) is 36.6 Å². The summed E-state index contributed by atoms with van der Waals surface area (Å²) in [6, 6.07) is 4.96. The van der Waals surface area contributed by atoms with Crippen LogP contribution >= 0.6 is 11.6 Å². The summed E-state index contributed by atoms with van der Waals surface area (Å²) in [5.74, 6) is -0.663. The second-order valence-corrected chi connectivity index (χ2v) is 6.87. The lowest BCUT2D eigenvalue weighted by atomic mass is 9.81. The molecule has 1 aromatic rings. The van der Waals surface area contributed by atoms with Crippen LogP contribution in [0.25, 0.3) is 0 Å². The number of ether oxygens (including phenoxy) is 1. The second kappa shape index (κ2) is 6.93. The average Bonchev–Trinajstić information content (AvgIpc) is 2.81. The number of fused-ring (bicyclic) bond motifs is 1. The molecule has 0 bridgehead atoms. The molecule has 1 saturated heterocycles. The van der Waals surface area contributed by atoms with Gasteiger partial charge in [-0.25, -0.2) is 0 Å². The van der Waals surface area contributed by atoms with Gasteiger partial charge in [-0.15, -0.1) is 0 Å². The van der Waals surface area contributed by atoms with Crippen LogP contribution in [0.15, 0.2) is 18.2 Å². The number of aryl methyl sites for hydroxylation is 1. The summed E-state index contributed by atoms with van der Waals surface area (Å²) < 4.78 is 5.25. The topological polar surface area (TPSA) is 63.7 Å². The Morgan fingerprint density at radius 2 is 1.83 bits per heavy atom. The third-order valence-corrected chi connectivity index (χ3v) is 5.26. The van der Waals surface area contributed by atoms with E-state index in [9.17, 15) is 14.4 Å². The molecule has 6 heteroatoms. The van der Waals surface area contributed by atoms with Crippen LogP contribution in [0.5, 0.6) is 5.75 Å². The number of hydrogen-bond acceptors (Lipinski definition) is 4. The fourth-order valence-corrected chi connectivity index (χ4v) is 3.64. The Bertz CT molecular complexity index is 664. The highest BCUT2D eigenvalue weighted by molar-refractivity contribution is 6.31. The van der Waals surface area contributed by atoms with E-state index in [1.807, 2.05) is 6.92 Å². The summed E-state index contributed by atoms with van der Waals surface area (Å²) in [5, 5.41) is 0.602. The van der Waals surface area contributed by atoms with Crippen LogP contribution < -0.4 is 4.74 Å². The van der Waals surface area contributed by atoms with Crippen LogP contribution in [0.4, 0.5) is 0 Å². The van der Waals surface area contributed by atoms with Gasteiger partial charge in [0.25, 0.3) is 0 Å². The van der Waals surface area contributed by atoms with Gasteiger partial charge in [0, 0.05) is 11.6 Å². The van der Waals surface area contributed by atoms with E-state index in [1.54, 1.807) is 18.2 Å². The quantitative estimate of drug-likeness (QED) is 0.476. The van der Waals surface area contributed by atoms with Crippen molar-refractivity contribution in [3.63, 3.8) is 0 Å². The zero-order valence-electron chi connectivity index (χ0n) is 13.6. The van der Waals surface area contributed by atoms with Gasteiger partial charge in [-0.1, -0.05) is 24.4 Å². The number of amides is 2. The van der Waals surface area contributed by atoms with Gasteiger partial charge in [-0.3, -0.25) is 19.3 Å². The van der Waals surface area contributed by atoms with Crippen LogP contribution in [0.1, 0.15) is 37.7 Å². The lowest BCUT2D eigenvalue weighted by molar-refractivity contribution is -0.141. The molecule has 0 unspecified atom stereocenters. The Labute approximate surface area is 145 Å². The number of carbonyl (C=O) groups is 3. The summed E-state index contributed by atoms with van der Waals surface area (Å²) in [5.41, 5.74) is 0.816. The molecule has 1 saturated carbocycles. The van der Waals surface area contributed by atoms with Crippen molar-refractivity contribution in [3.05, 3.63) is 28.8 Å². The minimum Gasteiger partial charge on any atom is -0.426 e. The maximum Gasteiger partial charge on any atom is 0.312 e. The van der Waals surface area contributed by atoms with Crippen LogP contribution in [0, 0.1) is 18.8 Å². The zero-order valence-corrected chi connectivity index (χ0v) is 14.3. The lowest BCUT2D eigenvalue weighted by Crippen LogP contribution is -2.33. The minimum absolute atomic E-state index is 0.00139. The Hall–Kier alpha value is -1.88. The van der Waals surface area contributed by atoms with E-state index >= 15 is 0 Å². The SMILES string of the molecule is Cc1cc(OC(=O)CCN2C(=O)[C@H]3CCCC[C@@H]3C2=O)ccc1Cl.